The molecule has 2 rings (SSSR count). The number of benzene rings is 1. The van der Waals surface area contributed by atoms with Crippen LogP contribution in [0.2, 0.25) is 0 Å². The first kappa shape index (κ1) is 10.2. The molecule has 0 aliphatic heterocycles. The summed E-state index contributed by atoms with van der Waals surface area (Å²) in [5.74, 6) is 0.699. The Labute approximate surface area is 90.3 Å². The van der Waals surface area contributed by atoms with E-state index < -0.39 is 0 Å². The van der Waals surface area contributed by atoms with Crippen LogP contribution in [-0.2, 0) is 16.0 Å². The number of hydrogen-bond acceptors (Lipinski definition) is 2. The van der Waals surface area contributed by atoms with Gasteiger partial charge >= 0.3 is 5.97 Å². The lowest BCUT2D eigenvalue weighted by Crippen LogP contribution is -2.04. The van der Waals surface area contributed by atoms with E-state index in [2.05, 4.69) is 24.3 Å². The van der Waals surface area contributed by atoms with Crippen molar-refractivity contribution in [1.82, 2.24) is 0 Å². The second kappa shape index (κ2) is 4.47. The van der Waals surface area contributed by atoms with Crippen molar-refractivity contribution in [3.8, 4) is 0 Å². The van der Waals surface area contributed by atoms with E-state index in [4.69, 9.17) is 4.74 Å². The van der Waals surface area contributed by atoms with Gasteiger partial charge in [0.15, 0.2) is 0 Å². The van der Waals surface area contributed by atoms with Gasteiger partial charge in [-0.15, -0.1) is 0 Å². The monoisotopic (exact) mass is 204 g/mol. The maximum Gasteiger partial charge on any atom is 0.308 e. The van der Waals surface area contributed by atoms with Gasteiger partial charge in [-0.25, -0.2) is 0 Å². The highest BCUT2D eigenvalue weighted by Crippen LogP contribution is 2.42. The molecular formula is C13H16O2. The summed E-state index contributed by atoms with van der Waals surface area (Å²) in [6.45, 7) is 0. The molecule has 0 N–H and O–H groups in total. The van der Waals surface area contributed by atoms with E-state index in [0.717, 1.165) is 19.3 Å². The fourth-order valence-corrected chi connectivity index (χ4v) is 2.00. The minimum atomic E-state index is -0.0342. The highest BCUT2D eigenvalue weighted by molar-refractivity contribution is 5.75. The average Bonchev–Trinajstić information content (AvgIpc) is 3.06. The van der Waals surface area contributed by atoms with E-state index in [9.17, 15) is 4.79 Å². The van der Waals surface area contributed by atoms with Crippen LogP contribution in [0.5, 0.6) is 0 Å². The van der Waals surface area contributed by atoms with Gasteiger partial charge in [-0.3, -0.25) is 4.79 Å². The van der Waals surface area contributed by atoms with Crippen molar-refractivity contribution in [2.24, 2.45) is 11.8 Å². The molecular weight excluding hydrogens is 188 g/mol. The smallest absolute Gasteiger partial charge is 0.308 e. The summed E-state index contributed by atoms with van der Waals surface area (Å²) in [5, 5.41) is 0. The molecule has 15 heavy (non-hydrogen) atoms. The summed E-state index contributed by atoms with van der Waals surface area (Å²) in [6.07, 6.45) is 3.18. The van der Waals surface area contributed by atoms with Crippen molar-refractivity contribution < 1.29 is 9.53 Å². The molecule has 2 heteroatoms. The number of rotatable bonds is 4. The van der Waals surface area contributed by atoms with Crippen LogP contribution in [0.3, 0.4) is 0 Å². The zero-order valence-corrected chi connectivity index (χ0v) is 8.98. The van der Waals surface area contributed by atoms with Gasteiger partial charge in [-0.1, -0.05) is 30.3 Å². The lowest BCUT2D eigenvalue weighted by atomic mass is 10.1. The first-order valence-corrected chi connectivity index (χ1v) is 5.43. The quantitative estimate of drug-likeness (QED) is 0.704. The molecule has 1 aliphatic carbocycles. The van der Waals surface area contributed by atoms with Crippen molar-refractivity contribution in [3.63, 3.8) is 0 Å². The fraction of sp³-hybridized carbons (Fsp3) is 0.462. The average molecular weight is 204 g/mol. The Balaban J connectivity index is 1.75. The summed E-state index contributed by atoms with van der Waals surface area (Å²) in [6, 6.07) is 10.4. The Kier molecular flexibility index (Phi) is 3.05. The topological polar surface area (TPSA) is 26.3 Å². The van der Waals surface area contributed by atoms with Crippen LogP contribution in [0, 0.1) is 11.8 Å². The third-order valence-electron chi connectivity index (χ3n) is 3.07. The SMILES string of the molecule is COC(=O)C1CC1CCc1ccccc1. The molecule has 0 amide bonds. The van der Waals surface area contributed by atoms with E-state index in [-0.39, 0.29) is 11.9 Å². The van der Waals surface area contributed by atoms with Crippen LogP contribution >= 0.6 is 0 Å². The Bertz CT molecular complexity index is 332. The highest BCUT2D eigenvalue weighted by Gasteiger charge is 2.43. The zero-order valence-electron chi connectivity index (χ0n) is 8.98. The van der Waals surface area contributed by atoms with Gasteiger partial charge in [-0.2, -0.15) is 0 Å². The maximum atomic E-state index is 11.2. The largest absolute Gasteiger partial charge is 0.469 e. The Morgan fingerprint density at radius 1 is 1.40 bits per heavy atom. The number of carbonyl (C=O) groups excluding carboxylic acids is 1. The van der Waals surface area contributed by atoms with E-state index in [1.165, 1.54) is 12.7 Å². The Morgan fingerprint density at radius 2 is 2.13 bits per heavy atom. The third kappa shape index (κ3) is 2.58. The van der Waals surface area contributed by atoms with Gasteiger partial charge < -0.3 is 4.74 Å². The molecule has 80 valence electrons. The number of carbonyl (C=O) groups is 1. The van der Waals surface area contributed by atoms with Crippen LogP contribution in [-0.4, -0.2) is 13.1 Å². The Hall–Kier alpha value is -1.31. The normalized spacial score (nSPS) is 23.5. The second-order valence-corrected chi connectivity index (χ2v) is 4.15. The van der Waals surface area contributed by atoms with Crippen molar-refractivity contribution in [2.45, 2.75) is 19.3 Å². The van der Waals surface area contributed by atoms with Gasteiger partial charge in [0, 0.05) is 0 Å². The summed E-state index contributed by atoms with van der Waals surface area (Å²) in [5.41, 5.74) is 1.35. The molecule has 2 unspecified atom stereocenters. The molecule has 1 aromatic carbocycles. The first-order chi connectivity index (χ1) is 7.31. The summed E-state index contributed by atoms with van der Waals surface area (Å²) < 4.78 is 4.72. The van der Waals surface area contributed by atoms with Crippen LogP contribution in [0.1, 0.15) is 18.4 Å². The maximum absolute atomic E-state index is 11.2. The second-order valence-electron chi connectivity index (χ2n) is 4.15. The van der Waals surface area contributed by atoms with Crippen LogP contribution < -0.4 is 0 Å². The minimum Gasteiger partial charge on any atom is -0.469 e. The summed E-state index contributed by atoms with van der Waals surface area (Å²) in [4.78, 5) is 11.2. The molecule has 2 atom stereocenters. The zero-order chi connectivity index (χ0) is 10.7. The van der Waals surface area contributed by atoms with Gasteiger partial charge in [0.1, 0.15) is 0 Å². The van der Waals surface area contributed by atoms with Gasteiger partial charge in [0.05, 0.1) is 13.0 Å². The van der Waals surface area contributed by atoms with Crippen LogP contribution in [0.25, 0.3) is 0 Å². The molecule has 1 aromatic rings. The first-order valence-electron chi connectivity index (χ1n) is 5.43. The molecule has 0 bridgehead atoms. The molecule has 0 radical (unpaired) electrons. The standard InChI is InChI=1S/C13H16O2/c1-15-13(14)12-9-11(12)8-7-10-5-3-2-4-6-10/h2-6,11-12H,7-9H2,1H3. The van der Waals surface area contributed by atoms with E-state index in [1.807, 2.05) is 6.07 Å². The van der Waals surface area contributed by atoms with Crippen LogP contribution in [0.4, 0.5) is 0 Å². The van der Waals surface area contributed by atoms with Crippen molar-refractivity contribution in [1.29, 1.82) is 0 Å². The molecule has 1 saturated carbocycles. The lowest BCUT2D eigenvalue weighted by Gasteiger charge is -2.00. The highest BCUT2D eigenvalue weighted by atomic mass is 16.5. The van der Waals surface area contributed by atoms with Gasteiger partial charge in [0.2, 0.25) is 0 Å². The summed E-state index contributed by atoms with van der Waals surface area (Å²) >= 11 is 0. The number of esters is 1. The molecule has 1 fully saturated rings. The minimum absolute atomic E-state index is 0.0342. The van der Waals surface area contributed by atoms with E-state index >= 15 is 0 Å². The predicted molar refractivity (Wildman–Crippen MR) is 58.4 cm³/mol. The predicted octanol–water partition coefficient (Wildman–Crippen LogP) is 2.43. The van der Waals surface area contributed by atoms with E-state index in [0.29, 0.717) is 5.92 Å². The number of aryl methyl sites for hydroxylation is 1. The van der Waals surface area contributed by atoms with Gasteiger partial charge in [-0.05, 0) is 30.7 Å². The number of ether oxygens (including phenoxy) is 1. The molecule has 2 nitrogen and oxygen atoms in total. The third-order valence-corrected chi connectivity index (χ3v) is 3.07. The van der Waals surface area contributed by atoms with Crippen molar-refractivity contribution in [3.05, 3.63) is 35.9 Å². The van der Waals surface area contributed by atoms with Crippen molar-refractivity contribution in [2.75, 3.05) is 7.11 Å². The fourth-order valence-electron chi connectivity index (χ4n) is 2.00. The molecule has 0 aromatic heterocycles. The van der Waals surface area contributed by atoms with Crippen LogP contribution in [0.15, 0.2) is 30.3 Å². The molecule has 1 aliphatic rings. The molecule has 0 spiro atoms. The molecule has 0 heterocycles. The molecule has 0 saturated heterocycles. The van der Waals surface area contributed by atoms with E-state index in [1.54, 1.807) is 0 Å². The van der Waals surface area contributed by atoms with Crippen molar-refractivity contribution >= 4 is 5.97 Å². The Morgan fingerprint density at radius 3 is 2.80 bits per heavy atom. The lowest BCUT2D eigenvalue weighted by molar-refractivity contribution is -0.142. The number of hydrogen-bond donors (Lipinski definition) is 0. The summed E-state index contributed by atoms with van der Waals surface area (Å²) in [7, 11) is 1.47. The van der Waals surface area contributed by atoms with Gasteiger partial charge in [0.25, 0.3) is 0 Å². The number of methoxy groups -OCH3 is 1.